The molecule has 100 valence electrons. The van der Waals surface area contributed by atoms with Gasteiger partial charge in [-0.15, -0.1) is 0 Å². The lowest BCUT2D eigenvalue weighted by Gasteiger charge is -2.35. The molecule has 0 aliphatic heterocycles. The predicted molar refractivity (Wildman–Crippen MR) is 71.9 cm³/mol. The molecule has 0 aromatic heterocycles. The second kappa shape index (κ2) is 5.85. The van der Waals surface area contributed by atoms with Crippen molar-refractivity contribution in [3.63, 3.8) is 0 Å². The van der Waals surface area contributed by atoms with Crippen LogP contribution in [-0.4, -0.2) is 24.0 Å². The van der Waals surface area contributed by atoms with Crippen molar-refractivity contribution in [2.24, 2.45) is 11.8 Å². The van der Waals surface area contributed by atoms with Crippen LogP contribution in [0.4, 0.5) is 0 Å². The quantitative estimate of drug-likeness (QED) is 0.795. The topological polar surface area (TPSA) is 41.1 Å². The van der Waals surface area contributed by atoms with Crippen LogP contribution in [0.2, 0.25) is 0 Å². The lowest BCUT2D eigenvalue weighted by atomic mass is 9.79. The standard InChI is InChI=1S/C14H28N2O/c1-10-7-6-8-11(2)13(10)15-9-12(17)16-14(3,4)5/h10-11,13,15H,6-9H2,1-5H3,(H,16,17). The number of nitrogens with one attached hydrogen (secondary N) is 2. The van der Waals surface area contributed by atoms with Gasteiger partial charge < -0.3 is 10.6 Å². The molecule has 0 aromatic carbocycles. The highest BCUT2D eigenvalue weighted by molar-refractivity contribution is 5.78. The van der Waals surface area contributed by atoms with Gasteiger partial charge in [0.1, 0.15) is 0 Å². The van der Waals surface area contributed by atoms with Crippen LogP contribution in [0, 0.1) is 11.8 Å². The summed E-state index contributed by atoms with van der Waals surface area (Å²) in [5, 5.41) is 6.42. The maximum Gasteiger partial charge on any atom is 0.234 e. The number of rotatable bonds is 3. The van der Waals surface area contributed by atoms with Gasteiger partial charge in [0.05, 0.1) is 6.54 Å². The zero-order valence-corrected chi connectivity index (χ0v) is 12.0. The summed E-state index contributed by atoms with van der Waals surface area (Å²) in [6.07, 6.45) is 3.89. The van der Waals surface area contributed by atoms with Crippen molar-refractivity contribution in [2.45, 2.75) is 65.5 Å². The van der Waals surface area contributed by atoms with Crippen molar-refractivity contribution >= 4 is 5.91 Å². The van der Waals surface area contributed by atoms with Crippen LogP contribution < -0.4 is 10.6 Å². The number of hydrogen-bond donors (Lipinski definition) is 2. The van der Waals surface area contributed by atoms with Gasteiger partial charge in [-0.1, -0.05) is 20.3 Å². The van der Waals surface area contributed by atoms with Crippen molar-refractivity contribution in [1.29, 1.82) is 0 Å². The van der Waals surface area contributed by atoms with Crippen molar-refractivity contribution in [3.8, 4) is 0 Å². The van der Waals surface area contributed by atoms with Gasteiger partial charge in [0, 0.05) is 11.6 Å². The number of hydrogen-bond acceptors (Lipinski definition) is 2. The van der Waals surface area contributed by atoms with E-state index in [2.05, 4.69) is 24.5 Å². The zero-order valence-electron chi connectivity index (χ0n) is 12.0. The highest BCUT2D eigenvalue weighted by Gasteiger charge is 2.27. The Balaban J connectivity index is 2.36. The van der Waals surface area contributed by atoms with Crippen LogP contribution in [0.5, 0.6) is 0 Å². The molecule has 0 bridgehead atoms. The Labute approximate surface area is 106 Å². The molecule has 1 fully saturated rings. The predicted octanol–water partition coefficient (Wildman–Crippen LogP) is 2.32. The fourth-order valence-electron chi connectivity index (χ4n) is 2.76. The van der Waals surface area contributed by atoms with Gasteiger partial charge in [0.15, 0.2) is 0 Å². The first-order chi connectivity index (χ1) is 7.79. The van der Waals surface area contributed by atoms with Crippen LogP contribution >= 0.6 is 0 Å². The minimum atomic E-state index is -0.136. The van der Waals surface area contributed by atoms with E-state index >= 15 is 0 Å². The Kier molecular flexibility index (Phi) is 4.99. The normalized spacial score (nSPS) is 30.1. The molecule has 17 heavy (non-hydrogen) atoms. The Bertz CT molecular complexity index is 247. The van der Waals surface area contributed by atoms with Crippen molar-refractivity contribution in [1.82, 2.24) is 10.6 Å². The summed E-state index contributed by atoms with van der Waals surface area (Å²) in [6, 6.07) is 0.495. The summed E-state index contributed by atoms with van der Waals surface area (Å²) in [5.41, 5.74) is -0.136. The Morgan fingerprint density at radius 2 is 1.71 bits per heavy atom. The average Bonchev–Trinajstić information content (AvgIpc) is 2.14. The summed E-state index contributed by atoms with van der Waals surface area (Å²) in [6.45, 7) is 11.0. The van der Waals surface area contributed by atoms with Gasteiger partial charge in [0.25, 0.3) is 0 Å². The van der Waals surface area contributed by atoms with Crippen LogP contribution in [0.1, 0.15) is 53.9 Å². The largest absolute Gasteiger partial charge is 0.350 e. The molecule has 1 rings (SSSR count). The zero-order chi connectivity index (χ0) is 13.1. The molecule has 1 aliphatic rings. The lowest BCUT2D eigenvalue weighted by molar-refractivity contribution is -0.121. The summed E-state index contributed by atoms with van der Waals surface area (Å²) in [4.78, 5) is 11.7. The van der Waals surface area contributed by atoms with Crippen LogP contribution in [0.15, 0.2) is 0 Å². The molecule has 0 heterocycles. The van der Waals surface area contributed by atoms with Gasteiger partial charge in [-0.2, -0.15) is 0 Å². The first-order valence-electron chi connectivity index (χ1n) is 6.84. The van der Waals surface area contributed by atoms with E-state index in [1.807, 2.05) is 20.8 Å². The third kappa shape index (κ3) is 5.07. The molecule has 0 radical (unpaired) electrons. The second-order valence-electron chi connectivity index (χ2n) is 6.59. The Morgan fingerprint density at radius 1 is 1.18 bits per heavy atom. The molecule has 1 saturated carbocycles. The fraction of sp³-hybridized carbons (Fsp3) is 0.929. The van der Waals surface area contributed by atoms with Gasteiger partial charge in [-0.05, 0) is 45.4 Å². The van der Waals surface area contributed by atoms with E-state index in [-0.39, 0.29) is 11.4 Å². The van der Waals surface area contributed by atoms with E-state index < -0.39 is 0 Å². The molecule has 3 heteroatoms. The van der Waals surface area contributed by atoms with Gasteiger partial charge >= 0.3 is 0 Å². The summed E-state index contributed by atoms with van der Waals surface area (Å²) in [7, 11) is 0. The van der Waals surface area contributed by atoms with E-state index in [0.29, 0.717) is 24.4 Å². The van der Waals surface area contributed by atoms with Crippen molar-refractivity contribution in [2.75, 3.05) is 6.54 Å². The molecule has 0 aromatic rings. The molecule has 2 N–H and O–H groups in total. The van der Waals surface area contributed by atoms with Gasteiger partial charge in [-0.3, -0.25) is 4.79 Å². The Morgan fingerprint density at radius 3 is 2.18 bits per heavy atom. The fourth-order valence-corrected chi connectivity index (χ4v) is 2.76. The minimum absolute atomic E-state index is 0.0995. The van der Waals surface area contributed by atoms with E-state index in [1.54, 1.807) is 0 Å². The highest BCUT2D eigenvalue weighted by atomic mass is 16.2. The highest BCUT2D eigenvalue weighted by Crippen LogP contribution is 2.28. The molecular formula is C14H28N2O. The summed E-state index contributed by atoms with van der Waals surface area (Å²) >= 11 is 0. The van der Waals surface area contributed by atoms with Crippen molar-refractivity contribution in [3.05, 3.63) is 0 Å². The average molecular weight is 240 g/mol. The first kappa shape index (κ1) is 14.5. The molecule has 0 spiro atoms. The molecule has 0 saturated heterocycles. The number of amides is 1. The van der Waals surface area contributed by atoms with E-state index in [0.717, 1.165) is 0 Å². The third-order valence-corrected chi connectivity index (χ3v) is 3.56. The summed E-state index contributed by atoms with van der Waals surface area (Å²) < 4.78 is 0. The SMILES string of the molecule is CC1CCCC(C)C1NCC(=O)NC(C)(C)C. The molecule has 3 nitrogen and oxygen atoms in total. The first-order valence-corrected chi connectivity index (χ1v) is 6.84. The maximum absolute atomic E-state index is 11.7. The molecule has 1 amide bonds. The van der Waals surface area contributed by atoms with E-state index in [4.69, 9.17) is 0 Å². The molecule has 2 unspecified atom stereocenters. The maximum atomic E-state index is 11.7. The van der Waals surface area contributed by atoms with E-state index in [9.17, 15) is 4.79 Å². The molecule has 1 aliphatic carbocycles. The lowest BCUT2D eigenvalue weighted by Crippen LogP contribution is -2.50. The van der Waals surface area contributed by atoms with Gasteiger partial charge in [-0.25, -0.2) is 0 Å². The van der Waals surface area contributed by atoms with Crippen LogP contribution in [0.3, 0.4) is 0 Å². The smallest absolute Gasteiger partial charge is 0.234 e. The second-order valence-corrected chi connectivity index (χ2v) is 6.59. The molecule has 2 atom stereocenters. The number of carbonyl (C=O) groups excluding carboxylic acids is 1. The minimum Gasteiger partial charge on any atom is -0.350 e. The number of carbonyl (C=O) groups is 1. The third-order valence-electron chi connectivity index (χ3n) is 3.56. The summed E-state index contributed by atoms with van der Waals surface area (Å²) in [5.74, 6) is 1.46. The monoisotopic (exact) mass is 240 g/mol. The van der Waals surface area contributed by atoms with E-state index in [1.165, 1.54) is 19.3 Å². The van der Waals surface area contributed by atoms with Crippen molar-refractivity contribution < 1.29 is 4.79 Å². The Hall–Kier alpha value is -0.570. The van der Waals surface area contributed by atoms with Crippen LogP contribution in [0.25, 0.3) is 0 Å². The van der Waals surface area contributed by atoms with Gasteiger partial charge in [0.2, 0.25) is 5.91 Å². The van der Waals surface area contributed by atoms with Crippen LogP contribution in [-0.2, 0) is 4.79 Å². The molecular weight excluding hydrogens is 212 g/mol.